The Bertz CT molecular complexity index is 474. The van der Waals surface area contributed by atoms with Crippen LogP contribution in [0.5, 0.6) is 5.75 Å². The first-order valence-electron chi connectivity index (χ1n) is 7.46. The lowest BCUT2D eigenvalue weighted by Gasteiger charge is -2.35. The van der Waals surface area contributed by atoms with Gasteiger partial charge in [0.15, 0.2) is 0 Å². The molecule has 0 saturated heterocycles. The maximum Gasteiger partial charge on any atom is 0.231 e. The Balaban J connectivity index is 2.26. The predicted octanol–water partition coefficient (Wildman–Crippen LogP) is 2.36. The number of fused-ring (bicyclic) bond motifs is 1. The Morgan fingerprint density at radius 3 is 3.00 bits per heavy atom. The quantitative estimate of drug-likeness (QED) is 0.838. The molecule has 1 aromatic carbocycles. The smallest absolute Gasteiger partial charge is 0.231 e. The van der Waals surface area contributed by atoms with Crippen molar-refractivity contribution in [3.63, 3.8) is 0 Å². The summed E-state index contributed by atoms with van der Waals surface area (Å²) in [4.78, 5) is 13.5. The van der Waals surface area contributed by atoms with Crippen molar-refractivity contribution in [2.75, 3.05) is 13.1 Å². The number of phenolic OH excluding ortho intramolecular Hbond substituents is 1. The molecule has 0 aromatic heterocycles. The number of unbranched alkanes of at least 4 members (excludes halogenated alkanes) is 1. The van der Waals surface area contributed by atoms with Gasteiger partial charge in [-0.15, -0.1) is 0 Å². The second kappa shape index (κ2) is 6.75. The van der Waals surface area contributed by atoms with Crippen molar-refractivity contribution < 1.29 is 9.90 Å². The zero-order valence-corrected chi connectivity index (χ0v) is 12.1. The molecule has 2 rings (SSSR count). The SMILES string of the molecule is CCCCN(CC(N)=O)C1CCCc2c(O)cccc21. The highest BCUT2D eigenvalue weighted by molar-refractivity contribution is 5.76. The maximum absolute atomic E-state index is 11.3. The number of carbonyl (C=O) groups is 1. The largest absolute Gasteiger partial charge is 0.508 e. The zero-order valence-electron chi connectivity index (χ0n) is 12.1. The van der Waals surface area contributed by atoms with E-state index in [1.165, 1.54) is 0 Å². The van der Waals surface area contributed by atoms with E-state index in [4.69, 9.17) is 5.73 Å². The van der Waals surface area contributed by atoms with Gasteiger partial charge in [0.25, 0.3) is 0 Å². The summed E-state index contributed by atoms with van der Waals surface area (Å²) in [6, 6.07) is 5.89. The topological polar surface area (TPSA) is 66.6 Å². The first kappa shape index (κ1) is 14.9. The van der Waals surface area contributed by atoms with E-state index in [-0.39, 0.29) is 11.9 Å². The number of carbonyl (C=O) groups excluding carboxylic acids is 1. The molecule has 1 aliphatic carbocycles. The highest BCUT2D eigenvalue weighted by Crippen LogP contribution is 2.38. The van der Waals surface area contributed by atoms with Crippen LogP contribution in [0, 0.1) is 0 Å². The van der Waals surface area contributed by atoms with E-state index in [1.807, 2.05) is 6.07 Å². The van der Waals surface area contributed by atoms with Crippen LogP contribution >= 0.6 is 0 Å². The molecule has 0 radical (unpaired) electrons. The minimum Gasteiger partial charge on any atom is -0.508 e. The van der Waals surface area contributed by atoms with Crippen LogP contribution in [0.15, 0.2) is 18.2 Å². The second-order valence-electron chi connectivity index (χ2n) is 5.54. The van der Waals surface area contributed by atoms with Crippen LogP contribution in [-0.4, -0.2) is 29.0 Å². The molecule has 0 aliphatic heterocycles. The lowest BCUT2D eigenvalue weighted by molar-refractivity contribution is -0.119. The minimum absolute atomic E-state index is 0.199. The molecule has 1 atom stereocenters. The number of hydrogen-bond donors (Lipinski definition) is 2. The summed E-state index contributed by atoms with van der Waals surface area (Å²) in [6.45, 7) is 3.31. The third-order valence-electron chi connectivity index (χ3n) is 4.05. The summed E-state index contributed by atoms with van der Waals surface area (Å²) in [5, 5.41) is 10.0. The van der Waals surface area contributed by atoms with E-state index >= 15 is 0 Å². The van der Waals surface area contributed by atoms with Crippen LogP contribution in [-0.2, 0) is 11.2 Å². The molecule has 1 unspecified atom stereocenters. The van der Waals surface area contributed by atoms with Gasteiger partial charge in [0.05, 0.1) is 6.54 Å². The number of amides is 1. The normalized spacial score (nSPS) is 18.0. The number of nitrogens with zero attached hydrogens (tertiary/aromatic N) is 1. The predicted molar refractivity (Wildman–Crippen MR) is 79.5 cm³/mol. The molecule has 110 valence electrons. The van der Waals surface area contributed by atoms with Gasteiger partial charge in [-0.05, 0) is 49.4 Å². The fourth-order valence-electron chi connectivity index (χ4n) is 3.09. The van der Waals surface area contributed by atoms with Gasteiger partial charge in [0.2, 0.25) is 5.91 Å². The number of hydrogen-bond acceptors (Lipinski definition) is 3. The summed E-state index contributed by atoms with van der Waals surface area (Å²) >= 11 is 0. The average Bonchev–Trinajstić information content (AvgIpc) is 2.43. The molecule has 1 aromatic rings. The average molecular weight is 276 g/mol. The molecule has 20 heavy (non-hydrogen) atoms. The standard InChI is InChI=1S/C16H24N2O2/c1-2-3-10-18(11-16(17)20)14-8-4-7-13-12(14)6-5-9-15(13)19/h5-6,9,14,19H,2-4,7-8,10-11H2,1H3,(H2,17,20). The highest BCUT2D eigenvalue weighted by Gasteiger charge is 2.27. The van der Waals surface area contributed by atoms with Gasteiger partial charge in [-0.25, -0.2) is 0 Å². The van der Waals surface area contributed by atoms with Gasteiger partial charge in [-0.2, -0.15) is 0 Å². The molecule has 1 amide bonds. The molecular weight excluding hydrogens is 252 g/mol. The minimum atomic E-state index is -0.284. The molecule has 0 spiro atoms. The van der Waals surface area contributed by atoms with Crippen LogP contribution in [0.3, 0.4) is 0 Å². The van der Waals surface area contributed by atoms with Gasteiger partial charge in [0.1, 0.15) is 5.75 Å². The molecule has 0 saturated carbocycles. The number of phenols is 1. The van der Waals surface area contributed by atoms with E-state index < -0.39 is 0 Å². The van der Waals surface area contributed by atoms with E-state index in [1.54, 1.807) is 6.07 Å². The van der Waals surface area contributed by atoms with E-state index in [2.05, 4.69) is 17.9 Å². The van der Waals surface area contributed by atoms with Gasteiger partial charge < -0.3 is 10.8 Å². The molecule has 4 heteroatoms. The van der Waals surface area contributed by atoms with Gasteiger partial charge >= 0.3 is 0 Å². The van der Waals surface area contributed by atoms with Crippen LogP contribution in [0.25, 0.3) is 0 Å². The molecule has 0 fully saturated rings. The molecule has 3 N–H and O–H groups in total. The fraction of sp³-hybridized carbons (Fsp3) is 0.562. The number of nitrogens with two attached hydrogens (primary N) is 1. The van der Waals surface area contributed by atoms with Crippen molar-refractivity contribution in [1.29, 1.82) is 0 Å². The summed E-state index contributed by atoms with van der Waals surface area (Å²) in [7, 11) is 0. The molecule has 1 aliphatic rings. The Labute approximate surface area is 120 Å². The first-order chi connectivity index (χ1) is 9.63. The van der Waals surface area contributed by atoms with E-state index in [0.717, 1.165) is 49.8 Å². The van der Waals surface area contributed by atoms with Crippen LogP contribution in [0.4, 0.5) is 0 Å². The number of benzene rings is 1. The van der Waals surface area contributed by atoms with Crippen molar-refractivity contribution in [2.24, 2.45) is 5.73 Å². The Kier molecular flexibility index (Phi) is 5.01. The van der Waals surface area contributed by atoms with Crippen LogP contribution < -0.4 is 5.73 Å². The van der Waals surface area contributed by atoms with Crippen LogP contribution in [0.2, 0.25) is 0 Å². The molecule has 0 bridgehead atoms. The maximum atomic E-state index is 11.3. The molecule has 0 heterocycles. The van der Waals surface area contributed by atoms with E-state index in [9.17, 15) is 9.90 Å². The summed E-state index contributed by atoms with van der Waals surface area (Å²) in [6.07, 6.45) is 5.12. The third kappa shape index (κ3) is 3.31. The number of primary amides is 1. The highest BCUT2D eigenvalue weighted by atomic mass is 16.3. The van der Waals surface area contributed by atoms with Crippen molar-refractivity contribution in [3.8, 4) is 5.75 Å². The number of aromatic hydroxyl groups is 1. The second-order valence-corrected chi connectivity index (χ2v) is 5.54. The van der Waals surface area contributed by atoms with Gasteiger partial charge in [-0.3, -0.25) is 9.69 Å². The Morgan fingerprint density at radius 1 is 1.50 bits per heavy atom. The van der Waals surface area contributed by atoms with Crippen molar-refractivity contribution >= 4 is 5.91 Å². The summed E-state index contributed by atoms with van der Waals surface area (Å²) in [5.74, 6) is 0.0927. The zero-order chi connectivity index (χ0) is 14.5. The summed E-state index contributed by atoms with van der Waals surface area (Å²) in [5.41, 5.74) is 7.59. The Morgan fingerprint density at radius 2 is 2.30 bits per heavy atom. The fourth-order valence-corrected chi connectivity index (χ4v) is 3.09. The van der Waals surface area contributed by atoms with Crippen molar-refractivity contribution in [2.45, 2.75) is 45.1 Å². The Hall–Kier alpha value is -1.55. The lowest BCUT2D eigenvalue weighted by Crippen LogP contribution is -2.38. The third-order valence-corrected chi connectivity index (χ3v) is 4.05. The molecular formula is C16H24N2O2. The lowest BCUT2D eigenvalue weighted by atomic mass is 9.86. The van der Waals surface area contributed by atoms with Crippen LogP contribution in [0.1, 0.15) is 49.8 Å². The molecule has 4 nitrogen and oxygen atoms in total. The summed E-state index contributed by atoms with van der Waals surface area (Å²) < 4.78 is 0. The van der Waals surface area contributed by atoms with Crippen molar-refractivity contribution in [3.05, 3.63) is 29.3 Å². The van der Waals surface area contributed by atoms with Crippen molar-refractivity contribution in [1.82, 2.24) is 4.90 Å². The monoisotopic (exact) mass is 276 g/mol. The van der Waals surface area contributed by atoms with Gasteiger partial charge in [-0.1, -0.05) is 25.5 Å². The van der Waals surface area contributed by atoms with E-state index in [0.29, 0.717) is 12.3 Å². The number of rotatable bonds is 6. The first-order valence-corrected chi connectivity index (χ1v) is 7.46. The van der Waals surface area contributed by atoms with Gasteiger partial charge in [0, 0.05) is 6.04 Å².